The molecule has 0 aromatic heterocycles. The third-order valence-electron chi connectivity index (χ3n) is 3.92. The number of rotatable bonds is 6. The lowest BCUT2D eigenvalue weighted by atomic mass is 10.0. The van der Waals surface area contributed by atoms with Crippen molar-refractivity contribution < 1.29 is 0 Å². The molecule has 0 aliphatic heterocycles. The van der Waals surface area contributed by atoms with Crippen molar-refractivity contribution in [3.63, 3.8) is 0 Å². The molecule has 0 radical (unpaired) electrons. The Morgan fingerprint density at radius 2 is 2.00 bits per heavy atom. The number of nitrogens with one attached hydrogen (secondary N) is 1. The van der Waals surface area contributed by atoms with E-state index in [-0.39, 0.29) is 0 Å². The van der Waals surface area contributed by atoms with E-state index in [1.54, 1.807) is 0 Å². The first-order valence-corrected chi connectivity index (χ1v) is 8.70. The largest absolute Gasteiger partial charge is 0.366 e. The highest BCUT2D eigenvalue weighted by Crippen LogP contribution is 2.35. The second kappa shape index (κ2) is 8.20. The van der Waals surface area contributed by atoms with Crippen molar-refractivity contribution in [1.29, 1.82) is 0 Å². The van der Waals surface area contributed by atoms with Gasteiger partial charge in [0.25, 0.3) is 0 Å². The van der Waals surface area contributed by atoms with Gasteiger partial charge in [0, 0.05) is 19.3 Å². The first-order chi connectivity index (χ1) is 11.4. The molecule has 0 saturated carbocycles. The number of nitrogens with zero attached hydrogens (tertiary/aromatic N) is 2. The number of anilines is 2. The summed E-state index contributed by atoms with van der Waals surface area (Å²) in [6, 6.07) is 12.5. The maximum atomic E-state index is 6.56. The third-order valence-corrected chi connectivity index (χ3v) is 4.32. The lowest BCUT2D eigenvalue weighted by Crippen LogP contribution is -2.14. The second-order valence-electron chi connectivity index (χ2n) is 6.37. The van der Waals surface area contributed by atoms with E-state index in [2.05, 4.69) is 62.3 Å². The molecule has 128 valence electrons. The molecule has 0 atom stereocenters. The average molecular weight is 344 g/mol. The minimum absolute atomic E-state index is 0.490. The quantitative estimate of drug-likeness (QED) is 0.505. The monoisotopic (exact) mass is 343 g/mol. The van der Waals surface area contributed by atoms with Gasteiger partial charge < -0.3 is 10.2 Å². The summed E-state index contributed by atoms with van der Waals surface area (Å²) in [7, 11) is 1.99. The molecule has 2 rings (SSSR count). The van der Waals surface area contributed by atoms with Gasteiger partial charge in [0.2, 0.25) is 0 Å². The molecule has 1 N–H and O–H groups in total. The zero-order valence-electron chi connectivity index (χ0n) is 15.1. The normalized spacial score (nSPS) is 11.3. The first-order valence-electron chi connectivity index (χ1n) is 8.32. The molecule has 24 heavy (non-hydrogen) atoms. The SMILES string of the molecule is CCN(C)/C=N\c1cc(C)cc(Nc2cccc(C(C)C)c2)c1Cl. The van der Waals surface area contributed by atoms with Gasteiger partial charge in [-0.1, -0.05) is 37.6 Å². The van der Waals surface area contributed by atoms with Crippen molar-refractivity contribution in [3.05, 3.63) is 52.5 Å². The summed E-state index contributed by atoms with van der Waals surface area (Å²) in [5, 5.41) is 4.07. The predicted molar refractivity (Wildman–Crippen MR) is 106 cm³/mol. The molecule has 2 aromatic carbocycles. The van der Waals surface area contributed by atoms with Crippen molar-refractivity contribution in [3.8, 4) is 0 Å². The highest BCUT2D eigenvalue weighted by Gasteiger charge is 2.09. The molecule has 0 bridgehead atoms. The van der Waals surface area contributed by atoms with Gasteiger partial charge in [0.05, 0.1) is 22.7 Å². The Labute approximate surface area is 150 Å². The van der Waals surface area contributed by atoms with Crippen LogP contribution in [0.5, 0.6) is 0 Å². The minimum atomic E-state index is 0.490. The van der Waals surface area contributed by atoms with Crippen molar-refractivity contribution in [1.82, 2.24) is 4.90 Å². The molecule has 0 heterocycles. The molecular formula is C20H26ClN3. The highest BCUT2D eigenvalue weighted by molar-refractivity contribution is 6.36. The smallest absolute Gasteiger partial charge is 0.0910 e. The number of aliphatic imine (C=N–C) groups is 1. The van der Waals surface area contributed by atoms with Crippen LogP contribution in [0.2, 0.25) is 5.02 Å². The summed E-state index contributed by atoms with van der Waals surface area (Å²) in [5.41, 5.74) is 5.11. The highest BCUT2D eigenvalue weighted by atomic mass is 35.5. The van der Waals surface area contributed by atoms with E-state index in [1.807, 2.05) is 30.4 Å². The maximum Gasteiger partial charge on any atom is 0.0910 e. The van der Waals surface area contributed by atoms with E-state index in [9.17, 15) is 0 Å². The Kier molecular flexibility index (Phi) is 6.27. The number of hydrogen-bond acceptors (Lipinski definition) is 2. The zero-order valence-corrected chi connectivity index (χ0v) is 15.9. The molecule has 0 aliphatic rings. The maximum absolute atomic E-state index is 6.56. The zero-order chi connectivity index (χ0) is 17.7. The molecule has 4 heteroatoms. The van der Waals surface area contributed by atoms with Crippen molar-refractivity contribution in [2.24, 2.45) is 4.99 Å². The summed E-state index contributed by atoms with van der Waals surface area (Å²) in [6.07, 6.45) is 1.81. The Balaban J connectivity index is 2.32. The second-order valence-corrected chi connectivity index (χ2v) is 6.75. The minimum Gasteiger partial charge on any atom is -0.366 e. The van der Waals surface area contributed by atoms with Crippen LogP contribution in [-0.4, -0.2) is 24.8 Å². The van der Waals surface area contributed by atoms with Crippen LogP contribution < -0.4 is 5.32 Å². The molecular weight excluding hydrogens is 318 g/mol. The Hall–Kier alpha value is -2.00. The van der Waals surface area contributed by atoms with E-state index in [4.69, 9.17) is 11.6 Å². The van der Waals surface area contributed by atoms with Crippen molar-refractivity contribution >= 4 is 35.0 Å². The van der Waals surface area contributed by atoms with Gasteiger partial charge in [0.15, 0.2) is 0 Å². The van der Waals surface area contributed by atoms with Crippen LogP contribution in [0.25, 0.3) is 0 Å². The van der Waals surface area contributed by atoms with Gasteiger partial charge in [-0.25, -0.2) is 4.99 Å². The predicted octanol–water partition coefficient (Wildman–Crippen LogP) is 6.13. The standard InChI is InChI=1S/C20H26ClN3/c1-6-24(5)13-22-18-10-15(4)11-19(20(18)21)23-17-9-7-8-16(12-17)14(2)3/h7-14,23H,6H2,1-5H3/b22-13-. The van der Waals surface area contributed by atoms with Crippen LogP contribution >= 0.6 is 11.6 Å². The van der Waals surface area contributed by atoms with E-state index in [1.165, 1.54) is 5.56 Å². The molecule has 2 aromatic rings. The molecule has 0 fully saturated rings. The van der Waals surface area contributed by atoms with E-state index in [0.29, 0.717) is 10.9 Å². The van der Waals surface area contributed by atoms with Gasteiger partial charge in [-0.05, 0) is 55.2 Å². The third kappa shape index (κ3) is 4.75. The van der Waals surface area contributed by atoms with E-state index < -0.39 is 0 Å². The lowest BCUT2D eigenvalue weighted by Gasteiger charge is -2.14. The van der Waals surface area contributed by atoms with E-state index >= 15 is 0 Å². The fraction of sp³-hybridized carbons (Fsp3) is 0.350. The van der Waals surface area contributed by atoms with Crippen LogP contribution in [0, 0.1) is 6.92 Å². The summed E-state index contributed by atoms with van der Waals surface area (Å²) in [4.78, 5) is 6.53. The molecule has 0 spiro atoms. The first kappa shape index (κ1) is 18.3. The molecule has 3 nitrogen and oxygen atoms in total. The van der Waals surface area contributed by atoms with Crippen LogP contribution in [0.1, 0.15) is 37.8 Å². The summed E-state index contributed by atoms with van der Waals surface area (Å²) < 4.78 is 0. The molecule has 0 aliphatic carbocycles. The summed E-state index contributed by atoms with van der Waals surface area (Å²) >= 11 is 6.56. The fourth-order valence-electron chi connectivity index (χ4n) is 2.31. The lowest BCUT2D eigenvalue weighted by molar-refractivity contribution is 0.552. The number of hydrogen-bond donors (Lipinski definition) is 1. The van der Waals surface area contributed by atoms with Gasteiger partial charge >= 0.3 is 0 Å². The van der Waals surface area contributed by atoms with Gasteiger partial charge in [-0.2, -0.15) is 0 Å². The van der Waals surface area contributed by atoms with Gasteiger partial charge in [-0.15, -0.1) is 0 Å². The van der Waals surface area contributed by atoms with Crippen LogP contribution in [0.4, 0.5) is 17.1 Å². The van der Waals surface area contributed by atoms with Crippen LogP contribution in [-0.2, 0) is 0 Å². The fourth-order valence-corrected chi connectivity index (χ4v) is 2.51. The Morgan fingerprint density at radius 3 is 2.67 bits per heavy atom. The van der Waals surface area contributed by atoms with Crippen molar-refractivity contribution in [2.45, 2.75) is 33.6 Å². The van der Waals surface area contributed by atoms with Gasteiger partial charge in [-0.3, -0.25) is 0 Å². The van der Waals surface area contributed by atoms with Crippen LogP contribution in [0.3, 0.4) is 0 Å². The summed E-state index contributed by atoms with van der Waals surface area (Å²) in [5.74, 6) is 0.490. The van der Waals surface area contributed by atoms with Crippen molar-refractivity contribution in [2.75, 3.05) is 18.9 Å². The molecule has 0 unspecified atom stereocenters. The number of benzene rings is 2. The molecule has 0 amide bonds. The molecule has 0 saturated heterocycles. The average Bonchev–Trinajstić information content (AvgIpc) is 2.56. The number of aryl methyl sites for hydroxylation is 1. The number of halogens is 1. The van der Waals surface area contributed by atoms with Crippen LogP contribution in [0.15, 0.2) is 41.4 Å². The topological polar surface area (TPSA) is 27.6 Å². The Bertz CT molecular complexity index is 723. The van der Waals surface area contributed by atoms with E-state index in [0.717, 1.165) is 29.2 Å². The van der Waals surface area contributed by atoms with Gasteiger partial charge in [0.1, 0.15) is 0 Å². The Morgan fingerprint density at radius 1 is 1.25 bits per heavy atom. The summed E-state index contributed by atoms with van der Waals surface area (Å²) in [6.45, 7) is 9.42.